The van der Waals surface area contributed by atoms with Crippen molar-refractivity contribution in [3.05, 3.63) is 35.8 Å². The Bertz CT molecular complexity index is 861. The molecule has 0 radical (unpaired) electrons. The smallest absolute Gasteiger partial charge is 0.244 e. The molecule has 1 aromatic heterocycles. The van der Waals surface area contributed by atoms with Crippen LogP contribution in [0.1, 0.15) is 12.6 Å². The molecule has 0 bridgehead atoms. The molecule has 0 aliphatic carbocycles. The molecule has 0 spiro atoms. The maximum atomic E-state index is 13.4. The van der Waals surface area contributed by atoms with Crippen molar-refractivity contribution >= 4 is 21.8 Å². The molecule has 0 atom stereocenters. The van der Waals surface area contributed by atoms with Crippen LogP contribution in [0, 0.1) is 12.7 Å². The number of aryl methyl sites for hydroxylation is 1. The molecule has 3 N–H and O–H groups in total. The molecule has 8 nitrogen and oxygen atoms in total. The molecular weight excluding hydrogens is 361 g/mol. The predicted octanol–water partition coefficient (Wildman–Crippen LogP) is 1.75. The van der Waals surface area contributed by atoms with Gasteiger partial charge >= 0.3 is 0 Å². The number of aromatic nitrogens is 2. The van der Waals surface area contributed by atoms with Gasteiger partial charge in [0.05, 0.1) is 7.11 Å². The first kappa shape index (κ1) is 19.9. The lowest BCUT2D eigenvalue weighted by Gasteiger charge is -2.12. The van der Waals surface area contributed by atoms with Crippen molar-refractivity contribution in [2.75, 3.05) is 37.4 Å². The molecule has 0 aliphatic rings. The summed E-state index contributed by atoms with van der Waals surface area (Å²) in [5.41, 5.74) is 0.781. The highest BCUT2D eigenvalue weighted by molar-refractivity contribution is 7.89. The van der Waals surface area contributed by atoms with E-state index >= 15 is 0 Å². The summed E-state index contributed by atoms with van der Waals surface area (Å²) in [7, 11) is -2.58. The SMILES string of the molecule is CCNc1nc(C)cc(NCCNS(=O)(=O)c2cc(F)ccc2OC)n1. The van der Waals surface area contributed by atoms with Crippen LogP contribution in [0.4, 0.5) is 16.2 Å². The summed E-state index contributed by atoms with van der Waals surface area (Å²) in [5.74, 6) is 0.501. The summed E-state index contributed by atoms with van der Waals surface area (Å²) in [6, 6.07) is 5.09. The van der Waals surface area contributed by atoms with E-state index in [-0.39, 0.29) is 17.2 Å². The molecule has 10 heteroatoms. The number of halogens is 1. The maximum Gasteiger partial charge on any atom is 0.244 e. The van der Waals surface area contributed by atoms with Gasteiger partial charge in [0.25, 0.3) is 0 Å². The van der Waals surface area contributed by atoms with Crippen LogP contribution in [-0.4, -0.2) is 45.1 Å². The summed E-state index contributed by atoms with van der Waals surface area (Å²) >= 11 is 0. The minimum absolute atomic E-state index is 0.0774. The summed E-state index contributed by atoms with van der Waals surface area (Å²) in [4.78, 5) is 8.27. The van der Waals surface area contributed by atoms with Gasteiger partial charge in [0.1, 0.15) is 22.3 Å². The number of nitrogens with zero attached hydrogens (tertiary/aromatic N) is 2. The van der Waals surface area contributed by atoms with E-state index in [0.29, 0.717) is 24.9 Å². The number of anilines is 2. The van der Waals surface area contributed by atoms with Crippen LogP contribution in [-0.2, 0) is 10.0 Å². The predicted molar refractivity (Wildman–Crippen MR) is 97.6 cm³/mol. The van der Waals surface area contributed by atoms with E-state index in [1.54, 1.807) is 6.07 Å². The molecule has 2 aromatic rings. The molecule has 0 fully saturated rings. The normalized spacial score (nSPS) is 11.2. The summed E-state index contributed by atoms with van der Waals surface area (Å²) in [6.07, 6.45) is 0. The van der Waals surface area contributed by atoms with Gasteiger partial charge in [-0.25, -0.2) is 22.5 Å². The zero-order chi connectivity index (χ0) is 19.2. The van der Waals surface area contributed by atoms with Gasteiger partial charge in [-0.3, -0.25) is 0 Å². The third kappa shape index (κ3) is 5.27. The number of sulfonamides is 1. The first-order valence-electron chi connectivity index (χ1n) is 8.02. The molecule has 142 valence electrons. The van der Waals surface area contributed by atoms with Crippen LogP contribution in [0.15, 0.2) is 29.2 Å². The molecule has 0 unspecified atom stereocenters. The van der Waals surface area contributed by atoms with Gasteiger partial charge < -0.3 is 15.4 Å². The Kier molecular flexibility index (Phi) is 6.70. The monoisotopic (exact) mass is 383 g/mol. The van der Waals surface area contributed by atoms with E-state index in [0.717, 1.165) is 17.8 Å². The quantitative estimate of drug-likeness (QED) is 0.567. The average Bonchev–Trinajstić information content (AvgIpc) is 2.58. The van der Waals surface area contributed by atoms with Crippen LogP contribution < -0.4 is 20.1 Å². The van der Waals surface area contributed by atoms with Gasteiger partial charge in [0, 0.05) is 31.4 Å². The number of methoxy groups -OCH3 is 1. The van der Waals surface area contributed by atoms with E-state index in [2.05, 4.69) is 25.3 Å². The van der Waals surface area contributed by atoms with Gasteiger partial charge in [-0.15, -0.1) is 0 Å². The number of rotatable bonds is 9. The van der Waals surface area contributed by atoms with Gasteiger partial charge in [0.2, 0.25) is 16.0 Å². The Hall–Kier alpha value is -2.46. The van der Waals surface area contributed by atoms with Crippen LogP contribution >= 0.6 is 0 Å². The van der Waals surface area contributed by atoms with Crippen LogP contribution in [0.5, 0.6) is 5.75 Å². The fourth-order valence-electron chi connectivity index (χ4n) is 2.21. The zero-order valence-electron chi connectivity index (χ0n) is 14.8. The third-order valence-corrected chi connectivity index (χ3v) is 4.81. The number of ether oxygens (including phenoxy) is 1. The summed E-state index contributed by atoms with van der Waals surface area (Å²) in [6.45, 7) is 4.85. The molecule has 1 heterocycles. The third-order valence-electron chi connectivity index (χ3n) is 3.33. The highest BCUT2D eigenvalue weighted by Gasteiger charge is 2.19. The minimum atomic E-state index is -3.91. The zero-order valence-corrected chi connectivity index (χ0v) is 15.7. The molecule has 1 aromatic carbocycles. The fourth-order valence-corrected chi connectivity index (χ4v) is 3.42. The molecular formula is C16H22FN5O3S. The minimum Gasteiger partial charge on any atom is -0.495 e. The van der Waals surface area contributed by atoms with Crippen LogP contribution in [0.3, 0.4) is 0 Å². The van der Waals surface area contributed by atoms with Crippen molar-refractivity contribution in [2.24, 2.45) is 0 Å². The second-order valence-electron chi connectivity index (χ2n) is 5.37. The number of nitrogens with one attached hydrogen (secondary N) is 3. The summed E-state index contributed by atoms with van der Waals surface area (Å²) < 4.78 is 45.5. The van der Waals surface area contributed by atoms with Crippen molar-refractivity contribution in [1.29, 1.82) is 0 Å². The van der Waals surface area contributed by atoms with Gasteiger partial charge in [0.15, 0.2) is 0 Å². The topological polar surface area (TPSA) is 105 Å². The fraction of sp³-hybridized carbons (Fsp3) is 0.375. The van der Waals surface area contributed by atoms with E-state index < -0.39 is 15.8 Å². The number of hydrogen-bond donors (Lipinski definition) is 3. The van der Waals surface area contributed by atoms with E-state index in [9.17, 15) is 12.8 Å². The number of hydrogen-bond acceptors (Lipinski definition) is 7. The van der Waals surface area contributed by atoms with Crippen LogP contribution in [0.25, 0.3) is 0 Å². The van der Waals surface area contributed by atoms with Crippen molar-refractivity contribution in [3.8, 4) is 5.75 Å². The first-order chi connectivity index (χ1) is 12.4. The maximum absolute atomic E-state index is 13.4. The Morgan fingerprint density at radius 2 is 1.92 bits per heavy atom. The van der Waals surface area contributed by atoms with Crippen molar-refractivity contribution < 1.29 is 17.5 Å². The highest BCUT2D eigenvalue weighted by Crippen LogP contribution is 2.24. The number of benzene rings is 1. The van der Waals surface area contributed by atoms with Crippen molar-refractivity contribution in [3.63, 3.8) is 0 Å². The largest absolute Gasteiger partial charge is 0.495 e. The second kappa shape index (κ2) is 8.77. The van der Waals surface area contributed by atoms with Gasteiger partial charge in [-0.2, -0.15) is 4.98 Å². The molecule has 0 aliphatic heterocycles. The molecule has 0 saturated heterocycles. The Labute approximate surface area is 152 Å². The standard InChI is InChI=1S/C16H22FN5O3S/c1-4-18-16-21-11(2)9-15(22-16)19-7-8-20-26(23,24)14-10-12(17)5-6-13(14)25-3/h5-6,9-10,20H,4,7-8H2,1-3H3,(H2,18,19,21,22). The van der Waals surface area contributed by atoms with E-state index in [4.69, 9.17) is 4.74 Å². The lowest BCUT2D eigenvalue weighted by Crippen LogP contribution is -2.29. The van der Waals surface area contributed by atoms with E-state index in [1.807, 2.05) is 13.8 Å². The van der Waals surface area contributed by atoms with Gasteiger partial charge in [-0.1, -0.05) is 0 Å². The second-order valence-corrected chi connectivity index (χ2v) is 7.10. The molecule has 2 rings (SSSR count). The van der Waals surface area contributed by atoms with Crippen LogP contribution in [0.2, 0.25) is 0 Å². The average molecular weight is 383 g/mol. The lowest BCUT2D eigenvalue weighted by molar-refractivity contribution is 0.400. The molecule has 0 saturated carbocycles. The van der Waals surface area contributed by atoms with E-state index in [1.165, 1.54) is 13.2 Å². The molecule has 0 amide bonds. The molecule has 26 heavy (non-hydrogen) atoms. The Morgan fingerprint density at radius 1 is 1.15 bits per heavy atom. The Balaban J connectivity index is 1.98. The van der Waals surface area contributed by atoms with Crippen molar-refractivity contribution in [2.45, 2.75) is 18.7 Å². The lowest BCUT2D eigenvalue weighted by atomic mass is 10.3. The Morgan fingerprint density at radius 3 is 2.62 bits per heavy atom. The first-order valence-corrected chi connectivity index (χ1v) is 9.50. The highest BCUT2D eigenvalue weighted by atomic mass is 32.2. The van der Waals surface area contributed by atoms with Gasteiger partial charge in [-0.05, 0) is 32.0 Å². The summed E-state index contributed by atoms with van der Waals surface area (Å²) in [5, 5.41) is 6.04. The van der Waals surface area contributed by atoms with Crippen molar-refractivity contribution in [1.82, 2.24) is 14.7 Å².